The van der Waals surface area contributed by atoms with Crippen molar-refractivity contribution in [1.82, 2.24) is 15.1 Å². The maximum atomic E-state index is 12.1. The fourth-order valence-corrected chi connectivity index (χ4v) is 3.13. The first-order valence-corrected chi connectivity index (χ1v) is 8.35. The number of amides is 2. The average molecular weight is 342 g/mol. The summed E-state index contributed by atoms with van der Waals surface area (Å²) < 4.78 is 6.95. The lowest BCUT2D eigenvalue weighted by atomic mass is 10.2. The molecule has 1 unspecified atom stereocenters. The molecule has 2 N–H and O–H groups in total. The van der Waals surface area contributed by atoms with Crippen molar-refractivity contribution in [3.63, 3.8) is 0 Å². The number of benzene rings is 1. The second kappa shape index (κ2) is 7.65. The van der Waals surface area contributed by atoms with Crippen LogP contribution in [0.25, 0.3) is 0 Å². The van der Waals surface area contributed by atoms with Crippen LogP contribution in [0.2, 0.25) is 0 Å². The molecule has 1 atom stereocenters. The normalized spacial score (nSPS) is 11.7. The quantitative estimate of drug-likeness (QED) is 0.722. The Bertz CT molecular complexity index is 720. The fraction of sp³-hybridized carbons (Fsp3) is 0.176. The minimum atomic E-state index is -0.256. The number of methoxy groups -OCH3 is 1. The van der Waals surface area contributed by atoms with E-state index >= 15 is 0 Å². The third-order valence-corrected chi connectivity index (χ3v) is 4.49. The number of carbonyl (C=O) groups excluding carboxylic acids is 1. The number of aromatic nitrogens is 2. The summed E-state index contributed by atoms with van der Waals surface area (Å²) in [4.78, 5) is 13.3. The van der Waals surface area contributed by atoms with E-state index in [2.05, 4.69) is 15.7 Å². The SMILES string of the molecule is COc1ccc(NC(=O)NCC(c2cccs2)n2cccn2)cc1. The molecule has 0 aliphatic heterocycles. The zero-order valence-corrected chi connectivity index (χ0v) is 14.0. The van der Waals surface area contributed by atoms with Gasteiger partial charge in [0.05, 0.1) is 7.11 Å². The number of nitrogens with one attached hydrogen (secondary N) is 2. The van der Waals surface area contributed by atoms with Crippen LogP contribution >= 0.6 is 11.3 Å². The maximum Gasteiger partial charge on any atom is 0.319 e. The van der Waals surface area contributed by atoms with E-state index < -0.39 is 0 Å². The van der Waals surface area contributed by atoms with Gasteiger partial charge in [-0.3, -0.25) is 4.68 Å². The van der Waals surface area contributed by atoms with Gasteiger partial charge >= 0.3 is 6.03 Å². The number of rotatable bonds is 6. The molecular weight excluding hydrogens is 324 g/mol. The largest absolute Gasteiger partial charge is 0.497 e. The fourth-order valence-electron chi connectivity index (χ4n) is 2.31. The number of nitrogens with zero attached hydrogens (tertiary/aromatic N) is 2. The second-order valence-electron chi connectivity index (χ2n) is 5.08. The molecular formula is C17H18N4O2S. The van der Waals surface area contributed by atoms with E-state index in [4.69, 9.17) is 4.74 Å². The first-order valence-electron chi connectivity index (χ1n) is 7.47. The molecule has 0 saturated carbocycles. The van der Waals surface area contributed by atoms with Crippen molar-refractivity contribution in [2.45, 2.75) is 6.04 Å². The minimum Gasteiger partial charge on any atom is -0.497 e. The molecule has 124 valence electrons. The summed E-state index contributed by atoms with van der Waals surface area (Å²) in [6.07, 6.45) is 3.63. The van der Waals surface area contributed by atoms with E-state index in [1.807, 2.05) is 34.5 Å². The molecule has 0 radical (unpaired) electrons. The molecule has 3 rings (SSSR count). The summed E-state index contributed by atoms with van der Waals surface area (Å²) >= 11 is 1.64. The van der Waals surface area contributed by atoms with Crippen molar-refractivity contribution in [1.29, 1.82) is 0 Å². The number of ether oxygens (including phenoxy) is 1. The average Bonchev–Trinajstić information content (AvgIpc) is 3.30. The highest BCUT2D eigenvalue weighted by Crippen LogP contribution is 2.22. The lowest BCUT2D eigenvalue weighted by Crippen LogP contribution is -2.34. The Balaban J connectivity index is 1.61. The first-order chi connectivity index (χ1) is 11.8. The Labute approximate surface area is 144 Å². The molecule has 2 aromatic heterocycles. The highest BCUT2D eigenvalue weighted by atomic mass is 32.1. The van der Waals surface area contributed by atoms with E-state index in [9.17, 15) is 4.79 Å². The van der Waals surface area contributed by atoms with Crippen LogP contribution in [-0.2, 0) is 0 Å². The van der Waals surface area contributed by atoms with Gasteiger partial charge in [-0.15, -0.1) is 11.3 Å². The van der Waals surface area contributed by atoms with Gasteiger partial charge < -0.3 is 15.4 Å². The smallest absolute Gasteiger partial charge is 0.319 e. The van der Waals surface area contributed by atoms with E-state index in [1.165, 1.54) is 0 Å². The second-order valence-corrected chi connectivity index (χ2v) is 6.06. The van der Waals surface area contributed by atoms with Crippen LogP contribution in [0.5, 0.6) is 5.75 Å². The van der Waals surface area contributed by atoms with Crippen LogP contribution in [0.15, 0.2) is 60.2 Å². The van der Waals surface area contributed by atoms with E-state index in [1.54, 1.807) is 48.9 Å². The number of urea groups is 1. The van der Waals surface area contributed by atoms with Crippen molar-refractivity contribution >= 4 is 23.1 Å². The van der Waals surface area contributed by atoms with Crippen LogP contribution < -0.4 is 15.4 Å². The zero-order chi connectivity index (χ0) is 16.8. The van der Waals surface area contributed by atoms with Crippen LogP contribution in [0, 0.1) is 0 Å². The van der Waals surface area contributed by atoms with Crippen molar-refractivity contribution in [3.8, 4) is 5.75 Å². The van der Waals surface area contributed by atoms with E-state index in [0.29, 0.717) is 12.2 Å². The van der Waals surface area contributed by atoms with Gasteiger partial charge in [-0.1, -0.05) is 6.07 Å². The van der Waals surface area contributed by atoms with Crippen molar-refractivity contribution < 1.29 is 9.53 Å². The van der Waals surface area contributed by atoms with Crippen LogP contribution in [0.1, 0.15) is 10.9 Å². The highest BCUT2D eigenvalue weighted by molar-refractivity contribution is 7.10. The molecule has 0 aliphatic carbocycles. The Hall–Kier alpha value is -2.80. The standard InChI is InChI=1S/C17H18N4O2S/c1-23-14-7-5-13(6-8-14)20-17(22)18-12-15(16-4-2-11-24-16)21-10-3-9-19-21/h2-11,15H,12H2,1H3,(H2,18,20,22). The number of anilines is 1. The summed E-state index contributed by atoms with van der Waals surface area (Å²) in [6.45, 7) is 0.449. The molecule has 0 spiro atoms. The summed E-state index contributed by atoms with van der Waals surface area (Å²) in [6, 6.07) is 12.8. The van der Waals surface area contributed by atoms with E-state index in [0.717, 1.165) is 10.6 Å². The molecule has 6 nitrogen and oxygen atoms in total. The number of thiophene rings is 1. The maximum absolute atomic E-state index is 12.1. The Morgan fingerprint density at radius 2 is 2.12 bits per heavy atom. The van der Waals surface area contributed by atoms with Crippen LogP contribution in [0.4, 0.5) is 10.5 Å². The van der Waals surface area contributed by atoms with Gasteiger partial charge in [0.25, 0.3) is 0 Å². The van der Waals surface area contributed by atoms with Gasteiger partial charge in [0.1, 0.15) is 11.8 Å². The molecule has 0 aliphatic rings. The molecule has 0 fully saturated rings. The Morgan fingerprint density at radius 3 is 2.75 bits per heavy atom. The molecule has 3 aromatic rings. The summed E-state index contributed by atoms with van der Waals surface area (Å²) in [5, 5.41) is 12.0. The van der Waals surface area contributed by atoms with Gasteiger partial charge in [-0.2, -0.15) is 5.10 Å². The van der Waals surface area contributed by atoms with Gasteiger partial charge in [0, 0.05) is 29.5 Å². The molecule has 2 amide bonds. The molecule has 0 bridgehead atoms. The Morgan fingerprint density at radius 1 is 1.29 bits per heavy atom. The zero-order valence-electron chi connectivity index (χ0n) is 13.2. The summed E-state index contributed by atoms with van der Waals surface area (Å²) in [5.41, 5.74) is 0.708. The predicted molar refractivity (Wildman–Crippen MR) is 94.7 cm³/mol. The van der Waals surface area contributed by atoms with Crippen molar-refractivity contribution in [3.05, 3.63) is 65.1 Å². The van der Waals surface area contributed by atoms with Gasteiger partial charge in [-0.05, 0) is 41.8 Å². The topological polar surface area (TPSA) is 68.2 Å². The van der Waals surface area contributed by atoms with Crippen molar-refractivity contribution in [2.75, 3.05) is 19.0 Å². The van der Waals surface area contributed by atoms with Crippen LogP contribution in [-0.4, -0.2) is 29.5 Å². The highest BCUT2D eigenvalue weighted by Gasteiger charge is 2.16. The molecule has 0 saturated heterocycles. The van der Waals surface area contributed by atoms with Gasteiger partial charge in [-0.25, -0.2) is 4.79 Å². The number of carbonyl (C=O) groups is 1. The predicted octanol–water partition coefficient (Wildman–Crippen LogP) is 3.36. The molecule has 24 heavy (non-hydrogen) atoms. The summed E-state index contributed by atoms with van der Waals surface area (Å²) in [7, 11) is 1.61. The third-order valence-electron chi connectivity index (χ3n) is 3.52. The number of hydrogen-bond donors (Lipinski definition) is 2. The van der Waals surface area contributed by atoms with Crippen molar-refractivity contribution in [2.24, 2.45) is 0 Å². The molecule has 1 aromatic carbocycles. The van der Waals surface area contributed by atoms with Gasteiger partial charge in [0.15, 0.2) is 0 Å². The minimum absolute atomic E-state index is 0.0263. The Kier molecular flexibility index (Phi) is 5.12. The number of hydrogen-bond acceptors (Lipinski definition) is 4. The van der Waals surface area contributed by atoms with Gasteiger partial charge in [0.2, 0.25) is 0 Å². The molecule has 7 heteroatoms. The summed E-state index contributed by atoms with van der Waals surface area (Å²) in [5.74, 6) is 0.748. The molecule has 2 heterocycles. The first kappa shape index (κ1) is 16.1. The monoisotopic (exact) mass is 342 g/mol. The van der Waals surface area contributed by atoms with E-state index in [-0.39, 0.29) is 12.1 Å². The van der Waals surface area contributed by atoms with Crippen LogP contribution in [0.3, 0.4) is 0 Å². The third kappa shape index (κ3) is 3.94. The lowest BCUT2D eigenvalue weighted by molar-refractivity contribution is 0.250. The lowest BCUT2D eigenvalue weighted by Gasteiger charge is -2.17.